The van der Waals surface area contributed by atoms with E-state index in [1.807, 2.05) is 13.0 Å². The molecule has 0 N–H and O–H groups in total. The second kappa shape index (κ2) is 6.55. The van der Waals surface area contributed by atoms with Gasteiger partial charge in [0.25, 0.3) is 0 Å². The van der Waals surface area contributed by atoms with Crippen LogP contribution in [0.4, 0.5) is 0 Å². The van der Waals surface area contributed by atoms with Gasteiger partial charge in [-0.2, -0.15) is 0 Å². The molecule has 1 aliphatic rings. The fourth-order valence-corrected chi connectivity index (χ4v) is 3.44. The molecule has 1 atom stereocenters. The lowest BCUT2D eigenvalue weighted by molar-refractivity contribution is -0.150. The molecule has 18 heavy (non-hydrogen) atoms. The fourth-order valence-electron chi connectivity index (χ4n) is 2.31. The predicted octanol–water partition coefficient (Wildman–Crippen LogP) is 3.18. The van der Waals surface area contributed by atoms with Crippen molar-refractivity contribution in [1.29, 1.82) is 0 Å². The van der Waals surface area contributed by atoms with Crippen LogP contribution in [0.5, 0.6) is 0 Å². The third-order valence-corrected chi connectivity index (χ3v) is 4.35. The van der Waals surface area contributed by atoms with Crippen LogP contribution in [0.1, 0.15) is 24.6 Å². The van der Waals surface area contributed by atoms with Crippen molar-refractivity contribution in [2.45, 2.75) is 26.3 Å². The molecule has 0 unspecified atom stereocenters. The Bertz CT molecular complexity index is 407. The number of carbonyl (C=O) groups excluding carboxylic acids is 1. The van der Waals surface area contributed by atoms with Crippen LogP contribution in [-0.4, -0.2) is 30.6 Å². The standard InChI is InChI=1S/C13H18ClNO2S/c1-2-17-13(16)10-4-3-7-15(8-10)9-11-5-6-12(14)18-11/h5-6,10H,2-4,7-9H2,1H3/t10-/m0/s1. The first-order valence-electron chi connectivity index (χ1n) is 6.32. The molecule has 3 nitrogen and oxygen atoms in total. The van der Waals surface area contributed by atoms with Gasteiger partial charge in [-0.05, 0) is 38.4 Å². The molecule has 1 aromatic rings. The number of nitrogens with zero attached hydrogens (tertiary/aromatic N) is 1. The van der Waals surface area contributed by atoms with Gasteiger partial charge in [-0.15, -0.1) is 11.3 Å². The number of likely N-dealkylation sites (tertiary alicyclic amines) is 1. The molecule has 2 rings (SSSR count). The second-order valence-corrected chi connectivity index (χ2v) is 6.33. The van der Waals surface area contributed by atoms with Gasteiger partial charge in [0.2, 0.25) is 0 Å². The van der Waals surface area contributed by atoms with Gasteiger partial charge in [-0.1, -0.05) is 11.6 Å². The van der Waals surface area contributed by atoms with Crippen LogP contribution in [0.3, 0.4) is 0 Å². The molecular formula is C13H18ClNO2S. The maximum atomic E-state index is 11.7. The summed E-state index contributed by atoms with van der Waals surface area (Å²) in [5, 5.41) is 0. The molecule has 1 aromatic heterocycles. The van der Waals surface area contributed by atoms with Crippen molar-refractivity contribution in [3.05, 3.63) is 21.3 Å². The Kier molecular flexibility index (Phi) is 5.03. The van der Waals surface area contributed by atoms with E-state index in [0.29, 0.717) is 6.61 Å². The lowest BCUT2D eigenvalue weighted by atomic mass is 9.98. The van der Waals surface area contributed by atoms with Crippen molar-refractivity contribution >= 4 is 28.9 Å². The highest BCUT2D eigenvalue weighted by Gasteiger charge is 2.26. The number of hydrogen-bond donors (Lipinski definition) is 0. The van der Waals surface area contributed by atoms with E-state index in [-0.39, 0.29) is 11.9 Å². The van der Waals surface area contributed by atoms with Gasteiger partial charge in [-0.25, -0.2) is 0 Å². The molecule has 0 spiro atoms. The van der Waals surface area contributed by atoms with E-state index in [2.05, 4.69) is 11.0 Å². The van der Waals surface area contributed by atoms with Crippen molar-refractivity contribution in [1.82, 2.24) is 4.90 Å². The maximum absolute atomic E-state index is 11.7. The summed E-state index contributed by atoms with van der Waals surface area (Å²) >= 11 is 7.53. The summed E-state index contributed by atoms with van der Waals surface area (Å²) in [4.78, 5) is 15.3. The lowest BCUT2D eigenvalue weighted by Gasteiger charge is -2.31. The number of piperidine rings is 1. The fraction of sp³-hybridized carbons (Fsp3) is 0.615. The van der Waals surface area contributed by atoms with Crippen molar-refractivity contribution < 1.29 is 9.53 Å². The van der Waals surface area contributed by atoms with Crippen LogP contribution in [0.15, 0.2) is 12.1 Å². The number of esters is 1. The molecule has 2 heterocycles. The van der Waals surface area contributed by atoms with E-state index in [1.165, 1.54) is 4.88 Å². The van der Waals surface area contributed by atoms with E-state index in [0.717, 1.165) is 36.8 Å². The minimum absolute atomic E-state index is 0.0362. The second-order valence-electron chi connectivity index (χ2n) is 4.53. The molecule has 0 bridgehead atoms. The highest BCUT2D eigenvalue weighted by atomic mass is 35.5. The molecule has 0 amide bonds. The Labute approximate surface area is 117 Å². The van der Waals surface area contributed by atoms with Crippen LogP contribution >= 0.6 is 22.9 Å². The Hall–Kier alpha value is -0.580. The zero-order valence-corrected chi connectivity index (χ0v) is 12.1. The summed E-state index contributed by atoms with van der Waals surface area (Å²) < 4.78 is 5.92. The number of ether oxygens (including phenoxy) is 1. The molecule has 100 valence electrons. The molecule has 0 saturated carbocycles. The molecule has 0 aliphatic carbocycles. The van der Waals surface area contributed by atoms with Gasteiger partial charge >= 0.3 is 5.97 Å². The maximum Gasteiger partial charge on any atom is 0.310 e. The minimum Gasteiger partial charge on any atom is -0.466 e. The Morgan fingerprint density at radius 3 is 3.11 bits per heavy atom. The van der Waals surface area contributed by atoms with Crippen LogP contribution in [-0.2, 0) is 16.1 Å². The molecule has 0 radical (unpaired) electrons. The summed E-state index contributed by atoms with van der Waals surface area (Å²) in [5.41, 5.74) is 0. The van der Waals surface area contributed by atoms with Gasteiger partial charge in [0, 0.05) is 18.0 Å². The topological polar surface area (TPSA) is 29.5 Å². The molecule has 1 aliphatic heterocycles. The van der Waals surface area contributed by atoms with Crippen LogP contribution in [0, 0.1) is 5.92 Å². The van der Waals surface area contributed by atoms with E-state index < -0.39 is 0 Å². The number of hydrogen-bond acceptors (Lipinski definition) is 4. The van der Waals surface area contributed by atoms with Gasteiger partial charge in [0.15, 0.2) is 0 Å². The average molecular weight is 288 g/mol. The van der Waals surface area contributed by atoms with E-state index in [9.17, 15) is 4.79 Å². The smallest absolute Gasteiger partial charge is 0.310 e. The summed E-state index contributed by atoms with van der Waals surface area (Å²) in [6.45, 7) is 5.05. The van der Waals surface area contributed by atoms with Crippen LogP contribution in [0.25, 0.3) is 0 Å². The van der Waals surface area contributed by atoms with E-state index in [1.54, 1.807) is 11.3 Å². The van der Waals surface area contributed by atoms with Crippen LogP contribution in [0.2, 0.25) is 4.34 Å². The zero-order chi connectivity index (χ0) is 13.0. The van der Waals surface area contributed by atoms with Crippen LogP contribution < -0.4 is 0 Å². The minimum atomic E-state index is -0.0496. The number of thiophene rings is 1. The van der Waals surface area contributed by atoms with Gasteiger partial charge in [-0.3, -0.25) is 9.69 Å². The Morgan fingerprint density at radius 1 is 1.61 bits per heavy atom. The van der Waals surface area contributed by atoms with Gasteiger partial charge < -0.3 is 4.74 Å². The predicted molar refractivity (Wildman–Crippen MR) is 74.0 cm³/mol. The molecule has 5 heteroatoms. The number of carbonyl (C=O) groups is 1. The van der Waals surface area contributed by atoms with E-state index >= 15 is 0 Å². The summed E-state index contributed by atoms with van der Waals surface area (Å²) in [5.74, 6) is -0.0134. The summed E-state index contributed by atoms with van der Waals surface area (Å²) in [6.07, 6.45) is 2.00. The summed E-state index contributed by atoms with van der Waals surface area (Å²) in [6, 6.07) is 3.98. The Morgan fingerprint density at radius 2 is 2.44 bits per heavy atom. The monoisotopic (exact) mass is 287 g/mol. The highest BCUT2D eigenvalue weighted by Crippen LogP contribution is 2.25. The van der Waals surface area contributed by atoms with Crippen molar-refractivity contribution in [2.24, 2.45) is 5.92 Å². The largest absolute Gasteiger partial charge is 0.466 e. The molecule has 0 aromatic carbocycles. The third kappa shape index (κ3) is 3.70. The lowest BCUT2D eigenvalue weighted by Crippen LogP contribution is -2.38. The molecule has 1 fully saturated rings. The van der Waals surface area contributed by atoms with Crippen molar-refractivity contribution in [2.75, 3.05) is 19.7 Å². The summed E-state index contributed by atoms with van der Waals surface area (Å²) in [7, 11) is 0. The number of halogens is 1. The Balaban J connectivity index is 1.88. The van der Waals surface area contributed by atoms with Crippen molar-refractivity contribution in [3.8, 4) is 0 Å². The van der Waals surface area contributed by atoms with Gasteiger partial charge in [0.05, 0.1) is 16.9 Å². The average Bonchev–Trinajstić information content (AvgIpc) is 2.75. The van der Waals surface area contributed by atoms with Crippen molar-refractivity contribution in [3.63, 3.8) is 0 Å². The first-order valence-corrected chi connectivity index (χ1v) is 7.51. The third-order valence-electron chi connectivity index (χ3n) is 3.13. The molecular weight excluding hydrogens is 270 g/mol. The quantitative estimate of drug-likeness (QED) is 0.797. The van der Waals surface area contributed by atoms with Gasteiger partial charge in [0.1, 0.15) is 0 Å². The van der Waals surface area contributed by atoms with E-state index in [4.69, 9.17) is 16.3 Å². The first-order chi connectivity index (χ1) is 8.69. The zero-order valence-electron chi connectivity index (χ0n) is 10.5. The highest BCUT2D eigenvalue weighted by molar-refractivity contribution is 7.16. The first kappa shape index (κ1) is 13.8. The normalized spacial score (nSPS) is 20.9. The number of rotatable bonds is 4. The SMILES string of the molecule is CCOC(=O)[C@H]1CCCN(Cc2ccc(Cl)s2)C1. The molecule has 1 saturated heterocycles.